The summed E-state index contributed by atoms with van der Waals surface area (Å²) in [6.07, 6.45) is 5.70. The minimum absolute atomic E-state index is 0.145. The zero-order valence-electron chi connectivity index (χ0n) is 13.4. The number of amides is 3. The third-order valence-corrected chi connectivity index (χ3v) is 6.25. The fourth-order valence-corrected chi connectivity index (χ4v) is 4.76. The number of rotatable bonds is 4. The number of hydrogen-bond donors (Lipinski definition) is 1. The Labute approximate surface area is 143 Å². The molecule has 0 spiro atoms. The molecule has 0 aromatic carbocycles. The molecule has 8 heteroatoms. The minimum atomic E-state index is -0.844. The highest BCUT2D eigenvalue weighted by Gasteiger charge is 2.60. The molecule has 4 rings (SSSR count). The molecular formula is C16H18N4O3S. The second kappa shape index (κ2) is 5.47. The van der Waals surface area contributed by atoms with E-state index in [1.165, 1.54) is 11.3 Å². The lowest BCUT2D eigenvalue weighted by Gasteiger charge is -2.23. The Morgan fingerprint density at radius 3 is 2.46 bits per heavy atom. The van der Waals surface area contributed by atoms with Gasteiger partial charge in [-0.2, -0.15) is 0 Å². The van der Waals surface area contributed by atoms with E-state index >= 15 is 0 Å². The zero-order valence-corrected chi connectivity index (χ0v) is 14.2. The molecule has 1 saturated heterocycles. The van der Waals surface area contributed by atoms with Crippen LogP contribution in [-0.4, -0.2) is 38.9 Å². The number of carbonyl (C=O) groups is 3. The zero-order chi connectivity index (χ0) is 17.0. The first-order chi connectivity index (χ1) is 11.5. The Hall–Kier alpha value is -2.09. The van der Waals surface area contributed by atoms with Gasteiger partial charge in [-0.05, 0) is 31.6 Å². The van der Waals surface area contributed by atoms with Crippen molar-refractivity contribution in [2.24, 2.45) is 23.7 Å². The molecule has 2 aliphatic carbocycles. The van der Waals surface area contributed by atoms with Gasteiger partial charge in [0.1, 0.15) is 11.0 Å². The average Bonchev–Trinajstić information content (AvgIpc) is 3.31. The summed E-state index contributed by atoms with van der Waals surface area (Å²) in [6, 6.07) is -0.844. The molecule has 3 aliphatic rings. The molecule has 1 aromatic rings. The average molecular weight is 346 g/mol. The fourth-order valence-electron chi connectivity index (χ4n) is 4.08. The molecule has 0 radical (unpaired) electrons. The molecule has 1 N–H and O–H groups in total. The Kier molecular flexibility index (Phi) is 3.52. The molecule has 2 fully saturated rings. The summed E-state index contributed by atoms with van der Waals surface area (Å²) < 4.78 is 0. The lowest BCUT2D eigenvalue weighted by molar-refractivity contribution is -0.146. The number of imide groups is 1. The number of fused-ring (bicyclic) bond motifs is 5. The van der Waals surface area contributed by atoms with E-state index in [2.05, 4.69) is 15.5 Å². The molecule has 5 atom stereocenters. The molecule has 1 aliphatic heterocycles. The van der Waals surface area contributed by atoms with E-state index in [9.17, 15) is 14.4 Å². The maximum absolute atomic E-state index is 12.7. The van der Waals surface area contributed by atoms with E-state index in [0.29, 0.717) is 5.13 Å². The Bertz CT molecular complexity index is 728. The first-order valence-electron chi connectivity index (χ1n) is 8.19. The van der Waals surface area contributed by atoms with Crippen LogP contribution in [0, 0.1) is 23.7 Å². The number of aryl methyl sites for hydroxylation is 1. The maximum Gasteiger partial charge on any atom is 0.249 e. The molecule has 3 amide bonds. The fraction of sp³-hybridized carbons (Fsp3) is 0.562. The molecule has 2 bridgehead atoms. The lowest BCUT2D eigenvalue weighted by atomic mass is 9.85. The molecule has 126 valence electrons. The highest BCUT2D eigenvalue weighted by Crippen LogP contribution is 2.52. The van der Waals surface area contributed by atoms with Gasteiger partial charge in [-0.25, -0.2) is 0 Å². The van der Waals surface area contributed by atoms with Crippen molar-refractivity contribution in [1.82, 2.24) is 15.1 Å². The van der Waals surface area contributed by atoms with Crippen LogP contribution in [0.15, 0.2) is 12.2 Å². The van der Waals surface area contributed by atoms with E-state index in [-0.39, 0.29) is 35.5 Å². The van der Waals surface area contributed by atoms with Gasteiger partial charge in [-0.15, -0.1) is 10.2 Å². The van der Waals surface area contributed by atoms with Crippen LogP contribution in [0.1, 0.15) is 25.3 Å². The third-order valence-electron chi connectivity index (χ3n) is 5.27. The molecule has 2 heterocycles. The largest absolute Gasteiger partial charge is 0.299 e. The van der Waals surface area contributed by atoms with Crippen LogP contribution in [0.4, 0.5) is 5.13 Å². The van der Waals surface area contributed by atoms with Crippen molar-refractivity contribution in [2.75, 3.05) is 5.32 Å². The molecule has 1 saturated carbocycles. The second-order valence-corrected chi connectivity index (χ2v) is 7.63. The van der Waals surface area contributed by atoms with E-state index < -0.39 is 11.9 Å². The van der Waals surface area contributed by atoms with Crippen molar-refractivity contribution in [3.8, 4) is 0 Å². The number of nitrogens with one attached hydrogen (secondary N) is 1. The van der Waals surface area contributed by atoms with Crippen LogP contribution >= 0.6 is 11.3 Å². The van der Waals surface area contributed by atoms with Gasteiger partial charge in [0.05, 0.1) is 11.8 Å². The van der Waals surface area contributed by atoms with Crippen LogP contribution in [0.25, 0.3) is 0 Å². The van der Waals surface area contributed by atoms with Crippen molar-refractivity contribution in [3.05, 3.63) is 17.2 Å². The summed E-state index contributed by atoms with van der Waals surface area (Å²) >= 11 is 1.30. The number of aromatic nitrogens is 2. The van der Waals surface area contributed by atoms with E-state index in [0.717, 1.165) is 22.7 Å². The van der Waals surface area contributed by atoms with Gasteiger partial charge >= 0.3 is 0 Å². The summed E-state index contributed by atoms with van der Waals surface area (Å²) in [7, 11) is 0. The Morgan fingerprint density at radius 1 is 1.29 bits per heavy atom. The van der Waals surface area contributed by atoms with Gasteiger partial charge in [0.15, 0.2) is 0 Å². The number of allylic oxidation sites excluding steroid dienone is 2. The summed E-state index contributed by atoms with van der Waals surface area (Å²) in [5, 5.41) is 11.7. The van der Waals surface area contributed by atoms with E-state index in [1.54, 1.807) is 6.92 Å². The second-order valence-electron chi connectivity index (χ2n) is 6.57. The number of hydrogen-bond acceptors (Lipinski definition) is 6. The summed E-state index contributed by atoms with van der Waals surface area (Å²) in [5.74, 6) is -1.10. The van der Waals surface area contributed by atoms with Gasteiger partial charge in [-0.1, -0.05) is 30.4 Å². The van der Waals surface area contributed by atoms with Crippen LogP contribution < -0.4 is 5.32 Å². The van der Waals surface area contributed by atoms with E-state index in [4.69, 9.17) is 0 Å². The van der Waals surface area contributed by atoms with Gasteiger partial charge in [0, 0.05) is 0 Å². The van der Waals surface area contributed by atoms with Crippen LogP contribution in [0.3, 0.4) is 0 Å². The molecule has 0 unspecified atom stereocenters. The van der Waals surface area contributed by atoms with Crippen molar-refractivity contribution < 1.29 is 14.4 Å². The Balaban J connectivity index is 1.50. The van der Waals surface area contributed by atoms with Crippen molar-refractivity contribution in [3.63, 3.8) is 0 Å². The monoisotopic (exact) mass is 346 g/mol. The van der Waals surface area contributed by atoms with Gasteiger partial charge in [-0.3, -0.25) is 24.6 Å². The number of anilines is 1. The van der Waals surface area contributed by atoms with Crippen LogP contribution in [0.5, 0.6) is 0 Å². The standard InChI is InChI=1S/C16H18N4O3S/c1-3-10-18-19-16(24-10)17-13(21)7(2)20-14(22)11-8-4-5-9(6-8)12(11)15(20)23/h4-5,7-9,11-12H,3,6H2,1-2H3,(H,17,19,21)/t7-,8-,9-,11-,12+/m0/s1. The number of likely N-dealkylation sites (tertiary alicyclic amines) is 1. The lowest BCUT2D eigenvalue weighted by Crippen LogP contribution is -2.46. The SMILES string of the molecule is CCc1nnc(NC(=O)[C@H](C)N2C(=O)[C@@H]3[C@H](C2=O)[C@H]2C=C[C@H]3C2)s1. The van der Waals surface area contributed by atoms with Gasteiger partial charge in [0.25, 0.3) is 0 Å². The van der Waals surface area contributed by atoms with Gasteiger partial charge < -0.3 is 0 Å². The molecule has 7 nitrogen and oxygen atoms in total. The van der Waals surface area contributed by atoms with Gasteiger partial charge in [0.2, 0.25) is 22.9 Å². The predicted molar refractivity (Wildman–Crippen MR) is 86.9 cm³/mol. The first kappa shape index (κ1) is 15.4. The Morgan fingerprint density at radius 2 is 1.92 bits per heavy atom. The summed E-state index contributed by atoms with van der Waals surface area (Å²) in [5.41, 5.74) is 0. The highest BCUT2D eigenvalue weighted by atomic mass is 32.1. The molecular weight excluding hydrogens is 328 g/mol. The predicted octanol–water partition coefficient (Wildman–Crippen LogP) is 1.23. The van der Waals surface area contributed by atoms with E-state index in [1.807, 2.05) is 19.1 Å². The third kappa shape index (κ3) is 2.12. The van der Waals surface area contributed by atoms with Crippen molar-refractivity contribution >= 4 is 34.2 Å². The number of nitrogens with zero attached hydrogens (tertiary/aromatic N) is 3. The normalized spacial score (nSPS) is 31.7. The number of carbonyl (C=O) groups excluding carboxylic acids is 3. The first-order valence-corrected chi connectivity index (χ1v) is 9.01. The van der Waals surface area contributed by atoms with Crippen molar-refractivity contribution in [1.29, 1.82) is 0 Å². The summed E-state index contributed by atoms with van der Waals surface area (Å²) in [6.45, 7) is 3.54. The maximum atomic E-state index is 12.7. The van der Waals surface area contributed by atoms with Crippen LogP contribution in [0.2, 0.25) is 0 Å². The highest BCUT2D eigenvalue weighted by molar-refractivity contribution is 7.15. The smallest absolute Gasteiger partial charge is 0.249 e. The molecule has 1 aromatic heterocycles. The topological polar surface area (TPSA) is 92.3 Å². The van der Waals surface area contributed by atoms with Crippen LogP contribution in [-0.2, 0) is 20.8 Å². The summed E-state index contributed by atoms with van der Waals surface area (Å²) in [4.78, 5) is 39.0. The quantitative estimate of drug-likeness (QED) is 0.654. The minimum Gasteiger partial charge on any atom is -0.299 e. The van der Waals surface area contributed by atoms with Crippen molar-refractivity contribution in [2.45, 2.75) is 32.7 Å². The molecule has 24 heavy (non-hydrogen) atoms.